The Labute approximate surface area is 170 Å². The van der Waals surface area contributed by atoms with Gasteiger partial charge in [-0.05, 0) is 74.2 Å². The quantitative estimate of drug-likeness (QED) is 0.633. The van der Waals surface area contributed by atoms with E-state index in [1.54, 1.807) is 18.2 Å². The van der Waals surface area contributed by atoms with E-state index in [1.807, 2.05) is 24.3 Å². The van der Waals surface area contributed by atoms with E-state index in [2.05, 4.69) is 10.6 Å². The Balaban J connectivity index is 1.46. The van der Waals surface area contributed by atoms with Crippen molar-refractivity contribution in [3.8, 4) is 5.75 Å². The summed E-state index contributed by atoms with van der Waals surface area (Å²) < 4.78 is 5.69. The molecule has 1 aliphatic carbocycles. The second-order valence-electron chi connectivity index (χ2n) is 7.31. The molecule has 0 aromatic heterocycles. The van der Waals surface area contributed by atoms with E-state index >= 15 is 0 Å². The number of nitrogens with two attached hydrogens (primary N) is 1. The van der Waals surface area contributed by atoms with Crippen LogP contribution in [0.1, 0.15) is 32.1 Å². The normalized spacial score (nSPS) is 15.8. The summed E-state index contributed by atoms with van der Waals surface area (Å²) in [4.78, 5) is 12.0. The van der Waals surface area contributed by atoms with E-state index in [0.29, 0.717) is 29.0 Å². The highest BCUT2D eigenvalue weighted by molar-refractivity contribution is 6.30. The highest BCUT2D eigenvalue weighted by Crippen LogP contribution is 2.19. The van der Waals surface area contributed by atoms with Crippen molar-refractivity contribution in [3.05, 3.63) is 63.8 Å². The Hall–Kier alpha value is -2.08. The zero-order valence-corrected chi connectivity index (χ0v) is 16.7. The maximum atomic E-state index is 12.0. The minimum Gasteiger partial charge on any atom is -0.491 e. The van der Waals surface area contributed by atoms with E-state index in [1.165, 1.54) is 38.2 Å². The van der Waals surface area contributed by atoms with Gasteiger partial charge in [-0.1, -0.05) is 18.0 Å². The molecule has 28 heavy (non-hydrogen) atoms. The van der Waals surface area contributed by atoms with Crippen LogP contribution in [-0.4, -0.2) is 30.4 Å². The highest BCUT2D eigenvalue weighted by atomic mass is 35.5. The van der Waals surface area contributed by atoms with Crippen LogP contribution >= 0.6 is 11.6 Å². The average molecular weight is 404 g/mol. The Bertz CT molecular complexity index is 808. The number of benzene rings is 1. The molecule has 0 saturated heterocycles. The third kappa shape index (κ3) is 6.51. The molecule has 6 heteroatoms. The number of anilines is 2. The number of hydrogen-bond donors (Lipinski definition) is 3. The van der Waals surface area contributed by atoms with Crippen LogP contribution in [0, 0.1) is 0 Å². The molecule has 3 rings (SSSR count). The summed E-state index contributed by atoms with van der Waals surface area (Å²) in [6.07, 6.45) is 5.95. The maximum absolute atomic E-state index is 12.0. The Kier molecular flexibility index (Phi) is 7.71. The molecule has 0 amide bonds. The number of ether oxygens (including phenoxy) is 1. The topological polar surface area (TPSA) is 75.2 Å². The summed E-state index contributed by atoms with van der Waals surface area (Å²) in [5.74, 6) is 0.686. The number of halogens is 1. The number of hydrogen-bond acceptors (Lipinski definition) is 4. The van der Waals surface area contributed by atoms with Crippen molar-refractivity contribution in [3.63, 3.8) is 0 Å². The van der Waals surface area contributed by atoms with Crippen LogP contribution in [0.5, 0.6) is 5.75 Å². The van der Waals surface area contributed by atoms with Crippen LogP contribution in [-0.2, 0) is 0 Å². The largest absolute Gasteiger partial charge is 0.491 e. The number of rotatable bonds is 8. The fraction of sp³-hybridized carbons (Fsp3) is 0.409. The van der Waals surface area contributed by atoms with E-state index in [4.69, 9.17) is 16.3 Å². The molecule has 2 aromatic rings. The molecule has 1 unspecified atom stereocenters. The van der Waals surface area contributed by atoms with Gasteiger partial charge >= 0.3 is 0 Å². The predicted molar refractivity (Wildman–Crippen MR) is 113 cm³/mol. The summed E-state index contributed by atoms with van der Waals surface area (Å²) in [7, 11) is 0. The highest BCUT2D eigenvalue weighted by Gasteiger charge is 2.17. The van der Waals surface area contributed by atoms with Crippen LogP contribution in [0.15, 0.2) is 53.3 Å². The van der Waals surface area contributed by atoms with E-state index in [0.717, 1.165) is 5.69 Å². The number of quaternary nitrogens is 1. The van der Waals surface area contributed by atoms with Crippen LogP contribution in [0.25, 0.3) is 0 Å². The number of aliphatic hydroxyl groups excluding tert-OH is 1. The first-order chi connectivity index (χ1) is 13.6. The third-order valence-electron chi connectivity index (χ3n) is 5.04. The lowest BCUT2D eigenvalue weighted by atomic mass is 9.95. The average Bonchev–Trinajstić information content (AvgIpc) is 2.88. The maximum Gasteiger partial charge on any atom is 0.202 e. The molecule has 1 fully saturated rings. The molecule has 0 spiro atoms. The third-order valence-corrected chi connectivity index (χ3v) is 5.29. The van der Waals surface area contributed by atoms with Gasteiger partial charge in [-0.25, -0.2) is 0 Å². The van der Waals surface area contributed by atoms with E-state index < -0.39 is 6.10 Å². The fourth-order valence-electron chi connectivity index (χ4n) is 3.42. The van der Waals surface area contributed by atoms with Gasteiger partial charge in [0.25, 0.3) is 0 Å². The molecule has 0 bridgehead atoms. The van der Waals surface area contributed by atoms with Crippen molar-refractivity contribution in [2.24, 2.45) is 0 Å². The van der Waals surface area contributed by atoms with Crippen LogP contribution in [0.4, 0.5) is 11.4 Å². The number of aliphatic hydroxyl groups is 1. The lowest BCUT2D eigenvalue weighted by Crippen LogP contribution is -2.92. The molecular formula is C22H28ClN2O3+. The summed E-state index contributed by atoms with van der Waals surface area (Å²) >= 11 is 5.91. The first-order valence-corrected chi connectivity index (χ1v) is 10.3. The molecule has 5 nitrogen and oxygen atoms in total. The lowest BCUT2D eigenvalue weighted by molar-refractivity contribution is -0.697. The first kappa shape index (κ1) is 20.6. The van der Waals surface area contributed by atoms with Crippen LogP contribution in [0.3, 0.4) is 0 Å². The zero-order valence-electron chi connectivity index (χ0n) is 15.9. The fourth-order valence-corrected chi connectivity index (χ4v) is 3.54. The van der Waals surface area contributed by atoms with E-state index in [9.17, 15) is 9.90 Å². The monoisotopic (exact) mass is 403 g/mol. The second kappa shape index (κ2) is 10.5. The van der Waals surface area contributed by atoms with Crippen molar-refractivity contribution in [1.29, 1.82) is 0 Å². The minimum absolute atomic E-state index is 0.135. The standard InChI is InChI=1S/C22H27ClN2O3/c23-16-6-12-21(22(27)13-7-16)25-18-8-10-20(11-9-18)28-15-19(26)14-24-17-4-2-1-3-5-17/h6-13,17,19,24,26H,1-5,14-15H2,(H,25,27)/p+1. The van der Waals surface area contributed by atoms with E-state index in [-0.39, 0.29) is 12.0 Å². The summed E-state index contributed by atoms with van der Waals surface area (Å²) in [6.45, 7) is 0.942. The molecule has 1 saturated carbocycles. The van der Waals surface area contributed by atoms with Crippen molar-refractivity contribution >= 4 is 23.0 Å². The molecule has 0 heterocycles. The lowest BCUT2D eigenvalue weighted by Gasteiger charge is -2.21. The van der Waals surface area contributed by atoms with Gasteiger partial charge in [0.1, 0.15) is 25.0 Å². The molecule has 0 radical (unpaired) electrons. The zero-order chi connectivity index (χ0) is 19.8. The summed E-state index contributed by atoms with van der Waals surface area (Å²) in [5, 5.41) is 16.0. The van der Waals surface area contributed by atoms with Crippen LogP contribution in [0.2, 0.25) is 5.02 Å². The van der Waals surface area contributed by atoms with Gasteiger partial charge in [-0.2, -0.15) is 0 Å². The van der Waals surface area contributed by atoms with Gasteiger partial charge in [-0.3, -0.25) is 4.79 Å². The molecule has 1 atom stereocenters. The minimum atomic E-state index is -0.489. The van der Waals surface area contributed by atoms with Gasteiger partial charge in [0.05, 0.1) is 11.7 Å². The van der Waals surface area contributed by atoms with Crippen molar-refractivity contribution in [2.75, 3.05) is 18.5 Å². The molecule has 1 aliphatic rings. The smallest absolute Gasteiger partial charge is 0.202 e. The van der Waals surface area contributed by atoms with Gasteiger partial charge in [0, 0.05) is 10.7 Å². The molecule has 2 aromatic carbocycles. The predicted octanol–water partition coefficient (Wildman–Crippen LogP) is 3.08. The van der Waals surface area contributed by atoms with Crippen molar-refractivity contribution in [2.45, 2.75) is 44.2 Å². The van der Waals surface area contributed by atoms with Gasteiger partial charge in [0.2, 0.25) is 5.43 Å². The Morgan fingerprint density at radius 3 is 2.54 bits per heavy atom. The summed E-state index contributed by atoms with van der Waals surface area (Å²) in [5.41, 5.74) is 1.09. The molecule has 150 valence electrons. The second-order valence-corrected chi connectivity index (χ2v) is 7.75. The first-order valence-electron chi connectivity index (χ1n) is 9.91. The summed E-state index contributed by atoms with van der Waals surface area (Å²) in [6, 6.07) is 14.3. The van der Waals surface area contributed by atoms with Crippen LogP contribution < -0.4 is 20.8 Å². The van der Waals surface area contributed by atoms with Gasteiger partial charge in [-0.15, -0.1) is 0 Å². The SMILES string of the molecule is O=c1ccc(Cl)ccc1Nc1ccc(OCC(O)C[NH2+]C2CCCCC2)cc1. The Morgan fingerprint density at radius 1 is 1.07 bits per heavy atom. The Morgan fingerprint density at radius 2 is 1.79 bits per heavy atom. The van der Waals surface area contributed by atoms with Crippen molar-refractivity contribution in [1.82, 2.24) is 0 Å². The van der Waals surface area contributed by atoms with Gasteiger partial charge < -0.3 is 20.5 Å². The van der Waals surface area contributed by atoms with Crippen molar-refractivity contribution < 1.29 is 15.2 Å². The van der Waals surface area contributed by atoms with Gasteiger partial charge in [0.15, 0.2) is 0 Å². The number of nitrogens with one attached hydrogen (secondary N) is 1. The molecule has 0 aliphatic heterocycles. The molecule has 4 N–H and O–H groups in total. The molecular weight excluding hydrogens is 376 g/mol.